The Bertz CT molecular complexity index is 429. The molecule has 1 saturated carbocycles. The maximum absolute atomic E-state index is 13.4. The van der Waals surface area contributed by atoms with Crippen molar-refractivity contribution in [3.63, 3.8) is 0 Å². The first-order valence-corrected chi connectivity index (χ1v) is 8.08. The standard InChI is InChI=1S/C17H26F2N2/c18-16-9-8-14(12-17(16)19)13-21(11-5-10-20)15-6-3-1-2-4-7-15/h8-9,12,15H,1-7,10-11,13,20H2. The van der Waals surface area contributed by atoms with Gasteiger partial charge in [-0.15, -0.1) is 0 Å². The van der Waals surface area contributed by atoms with E-state index in [4.69, 9.17) is 5.73 Å². The summed E-state index contributed by atoms with van der Waals surface area (Å²) >= 11 is 0. The van der Waals surface area contributed by atoms with Crippen LogP contribution in [0.1, 0.15) is 50.5 Å². The fraction of sp³-hybridized carbons (Fsp3) is 0.647. The highest BCUT2D eigenvalue weighted by Crippen LogP contribution is 2.24. The van der Waals surface area contributed by atoms with Gasteiger partial charge in [0.05, 0.1) is 0 Å². The molecule has 0 unspecified atom stereocenters. The summed E-state index contributed by atoms with van der Waals surface area (Å²) in [5.74, 6) is -1.53. The topological polar surface area (TPSA) is 29.3 Å². The van der Waals surface area contributed by atoms with E-state index in [0.717, 1.165) is 18.5 Å². The minimum absolute atomic E-state index is 0.548. The average Bonchev–Trinajstić information content (AvgIpc) is 2.76. The third kappa shape index (κ3) is 5.04. The van der Waals surface area contributed by atoms with E-state index in [2.05, 4.69) is 4.90 Å². The molecule has 0 aliphatic heterocycles. The van der Waals surface area contributed by atoms with E-state index in [9.17, 15) is 8.78 Å². The summed E-state index contributed by atoms with van der Waals surface area (Å²) in [6, 6.07) is 4.78. The van der Waals surface area contributed by atoms with Gasteiger partial charge in [-0.2, -0.15) is 0 Å². The normalized spacial score (nSPS) is 17.1. The van der Waals surface area contributed by atoms with E-state index >= 15 is 0 Å². The first-order chi connectivity index (χ1) is 10.2. The van der Waals surface area contributed by atoms with Crippen molar-refractivity contribution in [2.24, 2.45) is 5.73 Å². The maximum Gasteiger partial charge on any atom is 0.159 e. The van der Waals surface area contributed by atoms with Crippen LogP contribution in [0.25, 0.3) is 0 Å². The Morgan fingerprint density at radius 1 is 1.05 bits per heavy atom. The van der Waals surface area contributed by atoms with Crippen molar-refractivity contribution < 1.29 is 8.78 Å². The number of benzene rings is 1. The highest BCUT2D eigenvalue weighted by Gasteiger charge is 2.20. The first kappa shape index (κ1) is 16.4. The second kappa shape index (κ2) is 8.44. The molecule has 0 amide bonds. The van der Waals surface area contributed by atoms with Gasteiger partial charge in [0.2, 0.25) is 0 Å². The van der Waals surface area contributed by atoms with Gasteiger partial charge >= 0.3 is 0 Å². The molecule has 0 heterocycles. The zero-order valence-corrected chi connectivity index (χ0v) is 12.7. The van der Waals surface area contributed by atoms with Crippen molar-refractivity contribution in [3.8, 4) is 0 Å². The summed E-state index contributed by atoms with van der Waals surface area (Å²) in [5.41, 5.74) is 6.48. The van der Waals surface area contributed by atoms with Crippen molar-refractivity contribution in [2.45, 2.75) is 57.5 Å². The zero-order valence-electron chi connectivity index (χ0n) is 12.7. The summed E-state index contributed by atoms with van der Waals surface area (Å²) < 4.78 is 26.4. The molecular formula is C17H26F2N2. The molecule has 1 aromatic rings. The maximum atomic E-state index is 13.4. The van der Waals surface area contributed by atoms with Gasteiger partial charge < -0.3 is 5.73 Å². The van der Waals surface area contributed by atoms with Crippen LogP contribution in [-0.4, -0.2) is 24.0 Å². The molecule has 2 N–H and O–H groups in total. The lowest BCUT2D eigenvalue weighted by Crippen LogP contribution is -2.36. The van der Waals surface area contributed by atoms with Gasteiger partial charge in [0.25, 0.3) is 0 Å². The van der Waals surface area contributed by atoms with Gasteiger partial charge in [-0.3, -0.25) is 4.90 Å². The van der Waals surface area contributed by atoms with E-state index in [0.29, 0.717) is 19.1 Å². The lowest BCUT2D eigenvalue weighted by molar-refractivity contribution is 0.169. The molecule has 0 saturated heterocycles. The number of hydrogen-bond donors (Lipinski definition) is 1. The lowest BCUT2D eigenvalue weighted by Gasteiger charge is -2.31. The molecule has 1 aliphatic rings. The Hall–Kier alpha value is -1.00. The Balaban J connectivity index is 2.05. The number of rotatable bonds is 6. The minimum atomic E-state index is -0.776. The smallest absolute Gasteiger partial charge is 0.159 e. The fourth-order valence-corrected chi connectivity index (χ4v) is 3.18. The largest absolute Gasteiger partial charge is 0.330 e. The molecule has 0 spiro atoms. The number of nitrogens with zero attached hydrogens (tertiary/aromatic N) is 1. The van der Waals surface area contributed by atoms with E-state index in [1.165, 1.54) is 50.7 Å². The second-order valence-electron chi connectivity index (χ2n) is 6.01. The third-order valence-electron chi connectivity index (χ3n) is 4.36. The quantitative estimate of drug-likeness (QED) is 0.808. The van der Waals surface area contributed by atoms with Crippen LogP contribution in [0.3, 0.4) is 0 Å². The van der Waals surface area contributed by atoms with Crippen LogP contribution in [0.5, 0.6) is 0 Å². The Labute approximate surface area is 126 Å². The summed E-state index contributed by atoms with van der Waals surface area (Å²) in [7, 11) is 0. The van der Waals surface area contributed by atoms with Crippen LogP contribution in [-0.2, 0) is 6.54 Å². The zero-order chi connectivity index (χ0) is 15.1. The van der Waals surface area contributed by atoms with Crippen molar-refractivity contribution in [1.82, 2.24) is 4.90 Å². The molecule has 118 valence electrons. The molecule has 0 bridgehead atoms. The summed E-state index contributed by atoms with van der Waals surface area (Å²) in [4.78, 5) is 2.41. The summed E-state index contributed by atoms with van der Waals surface area (Å²) in [6.07, 6.45) is 8.50. The van der Waals surface area contributed by atoms with Crippen LogP contribution < -0.4 is 5.73 Å². The van der Waals surface area contributed by atoms with Gasteiger partial charge in [0.1, 0.15) is 0 Å². The minimum Gasteiger partial charge on any atom is -0.330 e. The Morgan fingerprint density at radius 3 is 2.38 bits per heavy atom. The van der Waals surface area contributed by atoms with E-state index < -0.39 is 11.6 Å². The van der Waals surface area contributed by atoms with Crippen LogP contribution in [0, 0.1) is 11.6 Å². The molecule has 4 heteroatoms. The lowest BCUT2D eigenvalue weighted by atomic mass is 10.1. The van der Waals surface area contributed by atoms with Crippen molar-refractivity contribution in [3.05, 3.63) is 35.4 Å². The molecule has 1 aromatic carbocycles. The van der Waals surface area contributed by atoms with Crippen LogP contribution in [0.15, 0.2) is 18.2 Å². The van der Waals surface area contributed by atoms with E-state index in [1.54, 1.807) is 6.07 Å². The molecule has 0 aromatic heterocycles. The third-order valence-corrected chi connectivity index (χ3v) is 4.36. The Morgan fingerprint density at radius 2 is 1.76 bits per heavy atom. The molecule has 2 nitrogen and oxygen atoms in total. The van der Waals surface area contributed by atoms with Crippen molar-refractivity contribution in [1.29, 1.82) is 0 Å². The summed E-state index contributed by atoms with van der Waals surface area (Å²) in [6.45, 7) is 2.28. The molecular weight excluding hydrogens is 270 g/mol. The van der Waals surface area contributed by atoms with Gasteiger partial charge in [-0.25, -0.2) is 8.78 Å². The number of hydrogen-bond acceptors (Lipinski definition) is 2. The monoisotopic (exact) mass is 296 g/mol. The highest BCUT2D eigenvalue weighted by molar-refractivity contribution is 5.17. The van der Waals surface area contributed by atoms with Crippen molar-refractivity contribution >= 4 is 0 Å². The second-order valence-corrected chi connectivity index (χ2v) is 6.01. The Kier molecular flexibility index (Phi) is 6.58. The average molecular weight is 296 g/mol. The van der Waals surface area contributed by atoms with Gasteiger partial charge in [0.15, 0.2) is 11.6 Å². The van der Waals surface area contributed by atoms with Gasteiger partial charge in [-0.1, -0.05) is 31.7 Å². The van der Waals surface area contributed by atoms with Crippen LogP contribution in [0.2, 0.25) is 0 Å². The van der Waals surface area contributed by atoms with Crippen LogP contribution in [0.4, 0.5) is 8.78 Å². The molecule has 0 radical (unpaired) electrons. The SMILES string of the molecule is NCCCN(Cc1ccc(F)c(F)c1)C1CCCCCC1. The van der Waals surface area contributed by atoms with E-state index in [-0.39, 0.29) is 0 Å². The van der Waals surface area contributed by atoms with E-state index in [1.807, 2.05) is 0 Å². The van der Waals surface area contributed by atoms with Crippen LogP contribution >= 0.6 is 0 Å². The van der Waals surface area contributed by atoms with Gasteiger partial charge in [0, 0.05) is 12.6 Å². The number of nitrogens with two attached hydrogens (primary N) is 1. The molecule has 1 aliphatic carbocycles. The molecule has 0 atom stereocenters. The fourth-order valence-electron chi connectivity index (χ4n) is 3.18. The molecule has 21 heavy (non-hydrogen) atoms. The first-order valence-electron chi connectivity index (χ1n) is 8.08. The van der Waals surface area contributed by atoms with Gasteiger partial charge in [-0.05, 0) is 50.0 Å². The summed E-state index contributed by atoms with van der Waals surface area (Å²) in [5, 5.41) is 0. The molecule has 1 fully saturated rings. The predicted molar refractivity (Wildman–Crippen MR) is 81.9 cm³/mol. The number of halogens is 2. The highest BCUT2D eigenvalue weighted by atomic mass is 19.2. The molecule has 2 rings (SSSR count). The van der Waals surface area contributed by atoms with Crippen molar-refractivity contribution in [2.75, 3.05) is 13.1 Å². The predicted octanol–water partition coefficient (Wildman–Crippen LogP) is 3.84.